The van der Waals surface area contributed by atoms with Crippen molar-refractivity contribution in [2.75, 3.05) is 5.32 Å². The number of nitrogens with zero attached hydrogens (tertiary/aromatic N) is 3. The lowest BCUT2D eigenvalue weighted by Crippen LogP contribution is -2.33. The lowest BCUT2D eigenvalue weighted by atomic mass is 10.1. The number of rotatable bonds is 4. The van der Waals surface area contributed by atoms with Gasteiger partial charge in [-0.05, 0) is 44.2 Å². The van der Waals surface area contributed by atoms with E-state index in [-0.39, 0.29) is 11.7 Å². The van der Waals surface area contributed by atoms with E-state index in [1.165, 1.54) is 29.5 Å². The van der Waals surface area contributed by atoms with E-state index < -0.39 is 11.6 Å². The van der Waals surface area contributed by atoms with Gasteiger partial charge in [-0.2, -0.15) is 5.10 Å². The highest BCUT2D eigenvalue weighted by molar-refractivity contribution is 7.15. The fraction of sp³-hybridized carbons (Fsp3) is 0.176. The van der Waals surface area contributed by atoms with Gasteiger partial charge < -0.3 is 5.32 Å². The Hall–Kier alpha value is -2.87. The fourth-order valence-electron chi connectivity index (χ4n) is 2.21. The van der Waals surface area contributed by atoms with Gasteiger partial charge in [0, 0.05) is 22.7 Å². The quantitative estimate of drug-likeness (QED) is 0.778. The Labute approximate surface area is 147 Å². The standard InChI is InChI=1S/C17H15FN4O2S/c1-10-9-19-17(25-10)20-16(24)11(2)22-15(23)8-7-14(21-22)12-3-5-13(18)6-4-12/h3-9,11H,1-2H3,(H,19,20,24)/t11-/m1/s1. The van der Waals surface area contributed by atoms with Crippen molar-refractivity contribution in [3.05, 3.63) is 63.6 Å². The van der Waals surface area contributed by atoms with Gasteiger partial charge in [0.25, 0.3) is 11.5 Å². The first-order valence-electron chi connectivity index (χ1n) is 7.53. The Balaban J connectivity index is 1.87. The third kappa shape index (κ3) is 3.80. The summed E-state index contributed by atoms with van der Waals surface area (Å²) in [6, 6.07) is 7.81. The number of benzene rings is 1. The van der Waals surface area contributed by atoms with Crippen molar-refractivity contribution < 1.29 is 9.18 Å². The summed E-state index contributed by atoms with van der Waals surface area (Å²) in [6.45, 7) is 3.47. The molecule has 0 saturated heterocycles. The molecule has 0 radical (unpaired) electrons. The number of hydrogen-bond acceptors (Lipinski definition) is 5. The van der Waals surface area contributed by atoms with Crippen LogP contribution >= 0.6 is 11.3 Å². The van der Waals surface area contributed by atoms with Gasteiger partial charge in [0.05, 0.1) is 5.69 Å². The third-order valence-corrected chi connectivity index (χ3v) is 4.39. The zero-order chi connectivity index (χ0) is 18.0. The van der Waals surface area contributed by atoms with Crippen LogP contribution in [0.4, 0.5) is 9.52 Å². The normalized spacial score (nSPS) is 12.0. The number of amides is 1. The molecule has 0 bridgehead atoms. The van der Waals surface area contributed by atoms with Crippen LogP contribution in [-0.4, -0.2) is 20.7 Å². The van der Waals surface area contributed by atoms with Crippen LogP contribution in [0, 0.1) is 12.7 Å². The minimum Gasteiger partial charge on any atom is -0.300 e. The zero-order valence-electron chi connectivity index (χ0n) is 13.6. The molecular weight excluding hydrogens is 343 g/mol. The van der Waals surface area contributed by atoms with Crippen LogP contribution in [0.2, 0.25) is 0 Å². The number of anilines is 1. The van der Waals surface area contributed by atoms with Gasteiger partial charge in [-0.1, -0.05) is 0 Å². The minimum atomic E-state index is -0.822. The maximum atomic E-state index is 13.1. The number of halogens is 1. The summed E-state index contributed by atoms with van der Waals surface area (Å²) >= 11 is 1.35. The summed E-state index contributed by atoms with van der Waals surface area (Å²) in [4.78, 5) is 29.5. The molecule has 2 aromatic heterocycles. The lowest BCUT2D eigenvalue weighted by Gasteiger charge is -2.14. The molecule has 2 heterocycles. The Morgan fingerprint density at radius 3 is 2.60 bits per heavy atom. The highest BCUT2D eigenvalue weighted by Gasteiger charge is 2.19. The molecule has 1 N–H and O–H groups in total. The second kappa shape index (κ2) is 6.94. The predicted octanol–water partition coefficient (Wildman–Crippen LogP) is 3.01. The van der Waals surface area contributed by atoms with Gasteiger partial charge in [-0.15, -0.1) is 11.3 Å². The number of nitrogens with one attached hydrogen (secondary N) is 1. The van der Waals surface area contributed by atoms with Crippen LogP contribution in [0.3, 0.4) is 0 Å². The molecule has 1 amide bonds. The number of carbonyl (C=O) groups excluding carboxylic acids is 1. The Kier molecular flexibility index (Phi) is 4.71. The summed E-state index contributed by atoms with van der Waals surface area (Å²) < 4.78 is 14.2. The number of aryl methyl sites for hydroxylation is 1. The van der Waals surface area contributed by atoms with Crippen molar-refractivity contribution in [3.63, 3.8) is 0 Å². The van der Waals surface area contributed by atoms with Crippen LogP contribution in [0.1, 0.15) is 17.8 Å². The predicted molar refractivity (Wildman–Crippen MR) is 94.1 cm³/mol. The highest BCUT2D eigenvalue weighted by Crippen LogP contribution is 2.19. The SMILES string of the molecule is Cc1cnc(NC(=O)[C@@H](C)n2nc(-c3ccc(F)cc3)ccc2=O)s1. The number of thiazole rings is 1. The first-order valence-corrected chi connectivity index (χ1v) is 8.35. The maximum Gasteiger partial charge on any atom is 0.267 e. The van der Waals surface area contributed by atoms with Crippen LogP contribution in [0.5, 0.6) is 0 Å². The Morgan fingerprint density at radius 2 is 1.96 bits per heavy atom. The number of aromatic nitrogens is 3. The van der Waals surface area contributed by atoms with E-state index in [0.29, 0.717) is 16.4 Å². The van der Waals surface area contributed by atoms with Gasteiger partial charge >= 0.3 is 0 Å². The summed E-state index contributed by atoms with van der Waals surface area (Å²) in [7, 11) is 0. The molecule has 3 rings (SSSR count). The molecule has 0 aliphatic rings. The van der Waals surface area contributed by atoms with E-state index in [9.17, 15) is 14.0 Å². The summed E-state index contributed by atoms with van der Waals surface area (Å²) in [5, 5.41) is 7.39. The van der Waals surface area contributed by atoms with Gasteiger partial charge in [-0.3, -0.25) is 9.59 Å². The van der Waals surface area contributed by atoms with Crippen molar-refractivity contribution in [3.8, 4) is 11.3 Å². The minimum absolute atomic E-state index is 0.358. The molecule has 3 aromatic rings. The van der Waals surface area contributed by atoms with E-state index in [1.807, 2.05) is 6.92 Å². The molecule has 0 unspecified atom stereocenters. The molecule has 1 aromatic carbocycles. The van der Waals surface area contributed by atoms with Gasteiger partial charge in [0.2, 0.25) is 0 Å². The molecule has 0 aliphatic heterocycles. The van der Waals surface area contributed by atoms with Crippen LogP contribution in [0.25, 0.3) is 11.3 Å². The molecule has 0 spiro atoms. The molecular formula is C17H15FN4O2S. The molecule has 128 valence electrons. The monoisotopic (exact) mass is 358 g/mol. The smallest absolute Gasteiger partial charge is 0.267 e. The van der Waals surface area contributed by atoms with Crippen LogP contribution < -0.4 is 10.9 Å². The van der Waals surface area contributed by atoms with E-state index in [2.05, 4.69) is 15.4 Å². The molecule has 0 aliphatic carbocycles. The van der Waals surface area contributed by atoms with E-state index in [4.69, 9.17) is 0 Å². The van der Waals surface area contributed by atoms with E-state index >= 15 is 0 Å². The van der Waals surface area contributed by atoms with E-state index in [0.717, 1.165) is 9.56 Å². The highest BCUT2D eigenvalue weighted by atomic mass is 32.1. The van der Waals surface area contributed by atoms with Crippen molar-refractivity contribution in [2.45, 2.75) is 19.9 Å². The summed E-state index contributed by atoms with van der Waals surface area (Å²) in [5.41, 5.74) is 0.728. The van der Waals surface area contributed by atoms with Crippen molar-refractivity contribution in [1.82, 2.24) is 14.8 Å². The summed E-state index contributed by atoms with van der Waals surface area (Å²) in [6.07, 6.45) is 1.66. The van der Waals surface area contributed by atoms with Gasteiger partial charge in [-0.25, -0.2) is 14.1 Å². The Bertz CT molecular complexity index is 965. The second-order valence-corrected chi connectivity index (χ2v) is 6.68. The molecule has 1 atom stereocenters. The third-order valence-electron chi connectivity index (χ3n) is 3.56. The molecule has 0 fully saturated rings. The second-order valence-electron chi connectivity index (χ2n) is 5.45. The first kappa shape index (κ1) is 17.0. The van der Waals surface area contributed by atoms with Gasteiger partial charge in [0.1, 0.15) is 11.9 Å². The lowest BCUT2D eigenvalue weighted by molar-refractivity contribution is -0.119. The average molecular weight is 358 g/mol. The molecule has 0 saturated carbocycles. The zero-order valence-corrected chi connectivity index (χ0v) is 14.4. The van der Waals surface area contributed by atoms with Crippen LogP contribution in [-0.2, 0) is 4.79 Å². The molecule has 8 heteroatoms. The van der Waals surface area contributed by atoms with Gasteiger partial charge in [0.15, 0.2) is 5.13 Å². The number of carbonyl (C=O) groups is 1. The topological polar surface area (TPSA) is 76.9 Å². The van der Waals surface area contributed by atoms with Crippen molar-refractivity contribution >= 4 is 22.4 Å². The summed E-state index contributed by atoms with van der Waals surface area (Å²) in [5.74, 6) is -0.747. The first-order chi connectivity index (χ1) is 11.9. The van der Waals surface area contributed by atoms with Crippen LogP contribution in [0.15, 0.2) is 47.4 Å². The molecule has 6 nitrogen and oxygen atoms in total. The number of hydrogen-bond donors (Lipinski definition) is 1. The Morgan fingerprint density at radius 1 is 1.24 bits per heavy atom. The van der Waals surface area contributed by atoms with Crippen molar-refractivity contribution in [1.29, 1.82) is 0 Å². The van der Waals surface area contributed by atoms with E-state index in [1.54, 1.807) is 31.3 Å². The fourth-order valence-corrected chi connectivity index (χ4v) is 2.88. The average Bonchev–Trinajstić information content (AvgIpc) is 3.00. The van der Waals surface area contributed by atoms with Crippen molar-refractivity contribution in [2.24, 2.45) is 0 Å². The molecule has 25 heavy (non-hydrogen) atoms. The maximum absolute atomic E-state index is 13.1. The largest absolute Gasteiger partial charge is 0.300 e.